The fraction of sp³-hybridized carbons (Fsp3) is 0.571. The number of aliphatic imine (C=N–C) groups is 1. The second kappa shape index (κ2) is 10.2. The number of aromatic amines is 1. The van der Waals surface area contributed by atoms with E-state index in [1.165, 1.54) is 49.8 Å². The van der Waals surface area contributed by atoms with Crippen molar-refractivity contribution in [1.82, 2.24) is 20.1 Å². The van der Waals surface area contributed by atoms with Crippen molar-refractivity contribution in [2.24, 2.45) is 10.9 Å². The van der Waals surface area contributed by atoms with E-state index in [0.717, 1.165) is 48.5 Å². The highest BCUT2D eigenvalue weighted by molar-refractivity contribution is 14.0. The Bertz CT molecular complexity index is 799. The summed E-state index contributed by atoms with van der Waals surface area (Å²) in [5.74, 6) is 1.81. The summed E-state index contributed by atoms with van der Waals surface area (Å²) < 4.78 is 0. The highest BCUT2D eigenvalue weighted by Crippen LogP contribution is 2.23. The Labute approximate surface area is 189 Å². The lowest BCUT2D eigenvalue weighted by Crippen LogP contribution is -2.41. The SMILES string of the molecule is CN=C(NCCc1c[nH]c2ccc(Cl)cc12)N1CCC(CN2CCCC2)C1.I. The molecular formula is C21H31ClIN5. The van der Waals surface area contributed by atoms with E-state index in [1.807, 2.05) is 25.2 Å². The number of aromatic nitrogens is 1. The summed E-state index contributed by atoms with van der Waals surface area (Å²) >= 11 is 6.16. The number of halogens is 2. The van der Waals surface area contributed by atoms with Gasteiger partial charge in [0.1, 0.15) is 0 Å². The highest BCUT2D eigenvalue weighted by atomic mass is 127. The molecule has 0 saturated carbocycles. The van der Waals surface area contributed by atoms with E-state index in [-0.39, 0.29) is 24.0 Å². The van der Waals surface area contributed by atoms with Gasteiger partial charge in [0.15, 0.2) is 5.96 Å². The van der Waals surface area contributed by atoms with E-state index in [9.17, 15) is 0 Å². The quantitative estimate of drug-likeness (QED) is 0.360. The number of guanidine groups is 1. The molecule has 1 aromatic heterocycles. The van der Waals surface area contributed by atoms with Gasteiger partial charge in [0.05, 0.1) is 0 Å². The predicted octanol–water partition coefficient (Wildman–Crippen LogP) is 3.97. The molecule has 2 saturated heterocycles. The number of fused-ring (bicyclic) bond motifs is 1. The zero-order chi connectivity index (χ0) is 18.6. The topological polar surface area (TPSA) is 46.7 Å². The van der Waals surface area contributed by atoms with Crippen LogP contribution in [0.5, 0.6) is 0 Å². The first-order valence-corrected chi connectivity index (χ1v) is 10.5. The zero-order valence-corrected chi connectivity index (χ0v) is 19.7. The van der Waals surface area contributed by atoms with Gasteiger partial charge < -0.3 is 20.1 Å². The highest BCUT2D eigenvalue weighted by Gasteiger charge is 2.27. The average molecular weight is 516 g/mol. The molecule has 1 unspecified atom stereocenters. The number of benzene rings is 1. The molecule has 0 aliphatic carbocycles. The Hall–Kier alpha value is -0.990. The van der Waals surface area contributed by atoms with Crippen LogP contribution < -0.4 is 5.32 Å². The molecule has 3 heterocycles. The normalized spacial score (nSPS) is 20.7. The molecule has 1 aromatic carbocycles. The Kier molecular flexibility index (Phi) is 7.88. The molecular weight excluding hydrogens is 485 g/mol. The van der Waals surface area contributed by atoms with Gasteiger partial charge in [-0.3, -0.25) is 4.99 Å². The van der Waals surface area contributed by atoms with Gasteiger partial charge in [-0.25, -0.2) is 0 Å². The second-order valence-corrected chi connectivity index (χ2v) is 8.27. The molecule has 154 valence electrons. The fourth-order valence-electron chi connectivity index (χ4n) is 4.50. The minimum Gasteiger partial charge on any atom is -0.361 e. The predicted molar refractivity (Wildman–Crippen MR) is 129 cm³/mol. The van der Waals surface area contributed by atoms with Gasteiger partial charge in [-0.15, -0.1) is 24.0 Å². The molecule has 0 spiro atoms. The molecule has 0 radical (unpaired) electrons. The van der Waals surface area contributed by atoms with Crippen LogP contribution in [0.3, 0.4) is 0 Å². The number of nitrogens with zero attached hydrogens (tertiary/aromatic N) is 3. The molecule has 28 heavy (non-hydrogen) atoms. The van der Waals surface area contributed by atoms with E-state index in [2.05, 4.69) is 31.3 Å². The van der Waals surface area contributed by atoms with Crippen LogP contribution in [0.15, 0.2) is 29.4 Å². The summed E-state index contributed by atoms with van der Waals surface area (Å²) in [5, 5.41) is 5.56. The standard InChI is InChI=1S/C21H30ClN5.HI/c1-23-21(27-11-7-16(15-27)14-26-9-2-3-10-26)24-8-6-17-13-25-20-5-4-18(22)12-19(17)20;/h4-5,12-13,16,25H,2-3,6-11,14-15H2,1H3,(H,23,24);1H. The smallest absolute Gasteiger partial charge is 0.193 e. The third kappa shape index (κ3) is 5.13. The molecule has 4 rings (SSSR count). The molecule has 1 atom stereocenters. The molecule has 0 amide bonds. The van der Waals surface area contributed by atoms with Crippen molar-refractivity contribution in [3.63, 3.8) is 0 Å². The van der Waals surface area contributed by atoms with Crippen molar-refractivity contribution in [3.8, 4) is 0 Å². The Morgan fingerprint density at radius 1 is 1.29 bits per heavy atom. The monoisotopic (exact) mass is 515 g/mol. The van der Waals surface area contributed by atoms with Crippen molar-refractivity contribution in [2.75, 3.05) is 46.3 Å². The van der Waals surface area contributed by atoms with Crippen LogP contribution in [-0.4, -0.2) is 67.1 Å². The van der Waals surface area contributed by atoms with Gasteiger partial charge in [-0.1, -0.05) is 11.6 Å². The maximum atomic E-state index is 6.16. The Morgan fingerprint density at radius 3 is 2.89 bits per heavy atom. The van der Waals surface area contributed by atoms with Crippen LogP contribution in [-0.2, 0) is 6.42 Å². The third-order valence-corrected chi connectivity index (χ3v) is 6.15. The lowest BCUT2D eigenvalue weighted by atomic mass is 10.1. The molecule has 2 fully saturated rings. The number of hydrogen-bond acceptors (Lipinski definition) is 2. The second-order valence-electron chi connectivity index (χ2n) is 7.84. The van der Waals surface area contributed by atoms with E-state index in [1.54, 1.807) is 0 Å². The maximum Gasteiger partial charge on any atom is 0.193 e. The summed E-state index contributed by atoms with van der Waals surface area (Å²) in [4.78, 5) is 12.9. The summed E-state index contributed by atoms with van der Waals surface area (Å²) in [6.45, 7) is 6.94. The van der Waals surface area contributed by atoms with Crippen molar-refractivity contribution >= 4 is 52.4 Å². The van der Waals surface area contributed by atoms with Crippen molar-refractivity contribution < 1.29 is 0 Å². The van der Waals surface area contributed by atoms with Gasteiger partial charge in [0.25, 0.3) is 0 Å². The number of H-pyrrole nitrogens is 1. The summed E-state index contributed by atoms with van der Waals surface area (Å²) in [5.41, 5.74) is 2.44. The molecule has 5 nitrogen and oxygen atoms in total. The lowest BCUT2D eigenvalue weighted by molar-refractivity contribution is 0.281. The molecule has 2 aliphatic heterocycles. The fourth-order valence-corrected chi connectivity index (χ4v) is 4.68. The van der Waals surface area contributed by atoms with E-state index in [0.29, 0.717) is 0 Å². The minimum absolute atomic E-state index is 0. The largest absolute Gasteiger partial charge is 0.361 e. The van der Waals surface area contributed by atoms with E-state index >= 15 is 0 Å². The van der Waals surface area contributed by atoms with Crippen LogP contribution >= 0.6 is 35.6 Å². The summed E-state index contributed by atoms with van der Waals surface area (Å²) in [7, 11) is 1.89. The number of rotatable bonds is 5. The molecule has 2 aliphatic rings. The first-order valence-electron chi connectivity index (χ1n) is 10.2. The van der Waals surface area contributed by atoms with E-state index < -0.39 is 0 Å². The van der Waals surface area contributed by atoms with Gasteiger partial charge in [0.2, 0.25) is 0 Å². The van der Waals surface area contributed by atoms with Crippen LogP contribution in [0, 0.1) is 5.92 Å². The Morgan fingerprint density at radius 2 is 2.11 bits per heavy atom. The summed E-state index contributed by atoms with van der Waals surface area (Å²) in [6, 6.07) is 6.01. The number of nitrogens with one attached hydrogen (secondary N) is 2. The number of likely N-dealkylation sites (tertiary alicyclic amines) is 2. The van der Waals surface area contributed by atoms with Gasteiger partial charge in [-0.2, -0.15) is 0 Å². The zero-order valence-electron chi connectivity index (χ0n) is 16.6. The first-order chi connectivity index (χ1) is 13.2. The molecule has 0 bridgehead atoms. The Balaban J connectivity index is 0.00000225. The third-order valence-electron chi connectivity index (χ3n) is 5.92. The average Bonchev–Trinajstić information content (AvgIpc) is 3.41. The molecule has 7 heteroatoms. The van der Waals surface area contributed by atoms with Crippen LogP contribution in [0.4, 0.5) is 0 Å². The first kappa shape index (κ1) is 21.7. The van der Waals surface area contributed by atoms with Gasteiger partial charge in [-0.05, 0) is 68.5 Å². The molecule has 2 N–H and O–H groups in total. The van der Waals surface area contributed by atoms with Crippen LogP contribution in [0.1, 0.15) is 24.8 Å². The van der Waals surface area contributed by atoms with Crippen LogP contribution in [0.2, 0.25) is 5.02 Å². The minimum atomic E-state index is 0. The summed E-state index contributed by atoms with van der Waals surface area (Å²) in [6.07, 6.45) is 7.06. The van der Waals surface area contributed by atoms with E-state index in [4.69, 9.17) is 11.6 Å². The van der Waals surface area contributed by atoms with Crippen molar-refractivity contribution in [1.29, 1.82) is 0 Å². The van der Waals surface area contributed by atoms with Crippen LogP contribution in [0.25, 0.3) is 10.9 Å². The van der Waals surface area contributed by atoms with Gasteiger partial charge in [0, 0.05) is 55.3 Å². The van der Waals surface area contributed by atoms with Crippen molar-refractivity contribution in [3.05, 3.63) is 35.0 Å². The van der Waals surface area contributed by atoms with Gasteiger partial charge >= 0.3 is 0 Å². The number of hydrogen-bond donors (Lipinski definition) is 2. The maximum absolute atomic E-state index is 6.16. The lowest BCUT2D eigenvalue weighted by Gasteiger charge is -2.23. The molecule has 2 aromatic rings. The van der Waals surface area contributed by atoms with Crippen molar-refractivity contribution in [2.45, 2.75) is 25.7 Å².